The lowest BCUT2D eigenvalue weighted by molar-refractivity contribution is 0.128. The molecular formula is C10H13F2NO2. The Bertz CT molecular complexity index is 331. The van der Waals surface area contributed by atoms with Gasteiger partial charge in [0.25, 0.3) is 0 Å². The van der Waals surface area contributed by atoms with Crippen LogP contribution < -0.4 is 10.5 Å². The Kier molecular flexibility index (Phi) is 3.85. The summed E-state index contributed by atoms with van der Waals surface area (Å²) in [6.07, 6.45) is -2.85. The van der Waals surface area contributed by atoms with E-state index in [0.717, 1.165) is 0 Å². The molecule has 1 aromatic carbocycles. The molecule has 0 aliphatic rings. The van der Waals surface area contributed by atoms with Crippen molar-refractivity contribution in [3.8, 4) is 11.5 Å². The van der Waals surface area contributed by atoms with Gasteiger partial charge in [-0.2, -0.15) is 0 Å². The molecule has 0 aliphatic carbocycles. The number of hydrogen-bond acceptors (Lipinski definition) is 3. The summed E-state index contributed by atoms with van der Waals surface area (Å²) in [5.74, 6) is 0.197. The minimum Gasteiger partial charge on any atom is -0.504 e. The molecule has 0 saturated heterocycles. The van der Waals surface area contributed by atoms with Gasteiger partial charge < -0.3 is 15.6 Å². The summed E-state index contributed by atoms with van der Waals surface area (Å²) in [5.41, 5.74) is 6.07. The predicted octanol–water partition coefficient (Wildman–Crippen LogP) is 2.06. The van der Waals surface area contributed by atoms with Crippen molar-refractivity contribution in [2.75, 3.05) is 7.11 Å². The van der Waals surface area contributed by atoms with Crippen LogP contribution in [-0.4, -0.2) is 18.6 Å². The van der Waals surface area contributed by atoms with E-state index in [9.17, 15) is 13.9 Å². The van der Waals surface area contributed by atoms with E-state index in [-0.39, 0.29) is 11.5 Å². The van der Waals surface area contributed by atoms with Crippen molar-refractivity contribution in [1.82, 2.24) is 0 Å². The summed E-state index contributed by atoms with van der Waals surface area (Å²) < 4.78 is 29.0. The van der Waals surface area contributed by atoms with E-state index >= 15 is 0 Å². The highest BCUT2D eigenvalue weighted by Gasteiger charge is 2.14. The van der Waals surface area contributed by atoms with Crippen molar-refractivity contribution >= 4 is 0 Å². The molecule has 3 N–H and O–H groups in total. The second kappa shape index (κ2) is 4.93. The summed E-state index contributed by atoms with van der Waals surface area (Å²) in [4.78, 5) is 0. The maximum atomic E-state index is 12.1. The lowest BCUT2D eigenvalue weighted by Crippen LogP contribution is -2.13. The molecule has 0 aliphatic heterocycles. The van der Waals surface area contributed by atoms with Crippen LogP contribution in [0.5, 0.6) is 11.5 Å². The molecule has 0 unspecified atom stereocenters. The fourth-order valence-corrected chi connectivity index (χ4v) is 1.25. The zero-order valence-electron chi connectivity index (χ0n) is 8.28. The van der Waals surface area contributed by atoms with Crippen molar-refractivity contribution in [3.63, 3.8) is 0 Å². The third-order valence-electron chi connectivity index (χ3n) is 2.06. The smallest absolute Gasteiger partial charge is 0.240 e. The molecule has 0 radical (unpaired) electrons. The molecular weight excluding hydrogens is 204 g/mol. The lowest BCUT2D eigenvalue weighted by Gasteiger charge is -2.13. The number of benzene rings is 1. The molecule has 0 amide bonds. The number of rotatable bonds is 4. The van der Waals surface area contributed by atoms with Gasteiger partial charge in [-0.1, -0.05) is 6.07 Å². The molecule has 0 heterocycles. The Morgan fingerprint density at radius 2 is 2.13 bits per heavy atom. The normalized spacial score (nSPS) is 12.9. The minimum absolute atomic E-state index is 0.0366. The average molecular weight is 217 g/mol. The first-order valence-corrected chi connectivity index (χ1v) is 4.45. The van der Waals surface area contributed by atoms with Gasteiger partial charge in [0.05, 0.1) is 7.11 Å². The SMILES string of the molecule is COc1cc([C@@H](N)CC(F)F)ccc1O. The number of aromatic hydroxyl groups is 1. The standard InChI is InChI=1S/C10H13F2NO2/c1-15-9-4-6(2-3-8(9)14)7(13)5-10(11)12/h2-4,7,10,14H,5,13H2,1H3/t7-/m0/s1. The maximum absolute atomic E-state index is 12.1. The number of phenolic OH excluding ortho intramolecular Hbond substituents is 1. The van der Waals surface area contributed by atoms with E-state index < -0.39 is 18.9 Å². The topological polar surface area (TPSA) is 55.5 Å². The van der Waals surface area contributed by atoms with Crippen LogP contribution in [0.15, 0.2) is 18.2 Å². The van der Waals surface area contributed by atoms with E-state index in [1.54, 1.807) is 0 Å². The van der Waals surface area contributed by atoms with Crippen LogP contribution in [0.1, 0.15) is 18.0 Å². The summed E-state index contributed by atoms with van der Waals surface area (Å²) in [7, 11) is 1.39. The lowest BCUT2D eigenvalue weighted by atomic mass is 10.0. The molecule has 5 heteroatoms. The quantitative estimate of drug-likeness (QED) is 0.811. The fraction of sp³-hybridized carbons (Fsp3) is 0.400. The number of nitrogens with two attached hydrogens (primary N) is 1. The number of halogens is 2. The van der Waals surface area contributed by atoms with Gasteiger partial charge in [0.1, 0.15) is 0 Å². The first kappa shape index (κ1) is 11.7. The van der Waals surface area contributed by atoms with Crippen molar-refractivity contribution in [2.45, 2.75) is 18.9 Å². The Morgan fingerprint density at radius 3 is 2.67 bits per heavy atom. The second-order valence-electron chi connectivity index (χ2n) is 3.16. The molecule has 0 aromatic heterocycles. The number of phenols is 1. The van der Waals surface area contributed by atoms with Crippen LogP contribution in [0.25, 0.3) is 0 Å². The summed E-state index contributed by atoms with van der Waals surface area (Å²) >= 11 is 0. The Hall–Kier alpha value is -1.36. The monoisotopic (exact) mass is 217 g/mol. The first-order chi connectivity index (χ1) is 7.04. The maximum Gasteiger partial charge on any atom is 0.240 e. The molecule has 1 atom stereocenters. The summed E-state index contributed by atoms with van der Waals surface area (Å²) in [6.45, 7) is 0. The van der Waals surface area contributed by atoms with Crippen LogP contribution in [-0.2, 0) is 0 Å². The molecule has 15 heavy (non-hydrogen) atoms. The van der Waals surface area contributed by atoms with Crippen molar-refractivity contribution in [2.24, 2.45) is 5.73 Å². The molecule has 0 bridgehead atoms. The minimum atomic E-state index is -2.44. The van der Waals surface area contributed by atoms with Crippen LogP contribution in [0.2, 0.25) is 0 Å². The van der Waals surface area contributed by atoms with Gasteiger partial charge in [-0.15, -0.1) is 0 Å². The highest BCUT2D eigenvalue weighted by atomic mass is 19.3. The van der Waals surface area contributed by atoms with E-state index in [2.05, 4.69) is 0 Å². The highest BCUT2D eigenvalue weighted by Crippen LogP contribution is 2.29. The van der Waals surface area contributed by atoms with E-state index in [1.807, 2.05) is 0 Å². The van der Waals surface area contributed by atoms with Crippen molar-refractivity contribution in [3.05, 3.63) is 23.8 Å². The molecule has 0 spiro atoms. The Labute approximate surface area is 86.5 Å². The molecule has 84 valence electrons. The number of hydrogen-bond donors (Lipinski definition) is 2. The van der Waals surface area contributed by atoms with Crippen LogP contribution in [0.4, 0.5) is 8.78 Å². The fourth-order valence-electron chi connectivity index (χ4n) is 1.25. The van der Waals surface area contributed by atoms with Gasteiger partial charge in [0, 0.05) is 12.5 Å². The zero-order chi connectivity index (χ0) is 11.4. The number of alkyl halides is 2. The van der Waals surface area contributed by atoms with E-state index in [1.165, 1.54) is 25.3 Å². The molecule has 1 rings (SSSR count). The molecule has 0 fully saturated rings. The van der Waals surface area contributed by atoms with E-state index in [4.69, 9.17) is 10.5 Å². The van der Waals surface area contributed by atoms with Gasteiger partial charge >= 0.3 is 0 Å². The van der Waals surface area contributed by atoms with Gasteiger partial charge in [-0.25, -0.2) is 8.78 Å². The second-order valence-corrected chi connectivity index (χ2v) is 3.16. The third kappa shape index (κ3) is 3.06. The average Bonchev–Trinajstić information content (AvgIpc) is 2.17. The zero-order valence-corrected chi connectivity index (χ0v) is 8.28. The number of ether oxygens (including phenoxy) is 1. The molecule has 0 saturated carbocycles. The summed E-state index contributed by atoms with van der Waals surface area (Å²) in [6, 6.07) is 3.59. The Morgan fingerprint density at radius 1 is 1.47 bits per heavy atom. The van der Waals surface area contributed by atoms with Crippen LogP contribution in [0.3, 0.4) is 0 Å². The van der Waals surface area contributed by atoms with Crippen molar-refractivity contribution in [1.29, 1.82) is 0 Å². The predicted molar refractivity (Wildman–Crippen MR) is 52.2 cm³/mol. The van der Waals surface area contributed by atoms with Gasteiger partial charge in [-0.3, -0.25) is 0 Å². The largest absolute Gasteiger partial charge is 0.504 e. The van der Waals surface area contributed by atoms with E-state index in [0.29, 0.717) is 5.56 Å². The van der Waals surface area contributed by atoms with Crippen LogP contribution >= 0.6 is 0 Å². The van der Waals surface area contributed by atoms with Crippen LogP contribution in [0, 0.1) is 0 Å². The first-order valence-electron chi connectivity index (χ1n) is 4.45. The molecule has 3 nitrogen and oxygen atoms in total. The van der Waals surface area contributed by atoms with Gasteiger partial charge in [-0.05, 0) is 17.7 Å². The van der Waals surface area contributed by atoms with Gasteiger partial charge in [0.15, 0.2) is 11.5 Å². The highest BCUT2D eigenvalue weighted by molar-refractivity contribution is 5.42. The summed E-state index contributed by atoms with van der Waals surface area (Å²) in [5, 5.41) is 9.28. The number of methoxy groups -OCH3 is 1. The molecule has 1 aromatic rings. The van der Waals surface area contributed by atoms with Crippen molar-refractivity contribution < 1.29 is 18.6 Å². The van der Waals surface area contributed by atoms with Gasteiger partial charge in [0.2, 0.25) is 6.43 Å². The Balaban J connectivity index is 2.85. The third-order valence-corrected chi connectivity index (χ3v) is 2.06.